The van der Waals surface area contributed by atoms with Gasteiger partial charge in [0.25, 0.3) is 0 Å². The average Bonchev–Trinajstić information content (AvgIpc) is 3.15. The van der Waals surface area contributed by atoms with Crippen LogP contribution < -0.4 is 5.32 Å². The molecule has 8 nitrogen and oxygen atoms in total. The summed E-state index contributed by atoms with van der Waals surface area (Å²) in [5, 5.41) is 3.07. The molecule has 180 valence electrons. The maximum absolute atomic E-state index is 12.8. The maximum atomic E-state index is 12.8. The van der Waals surface area contributed by atoms with E-state index in [0.717, 1.165) is 22.3 Å². The van der Waals surface area contributed by atoms with Crippen LogP contribution in [0.15, 0.2) is 48.5 Å². The largest absolute Gasteiger partial charge is 0.493 e. The number of fused-ring (bicyclic) bond motifs is 3. The highest BCUT2D eigenvalue weighted by Crippen LogP contribution is 2.44. The third-order valence-corrected chi connectivity index (χ3v) is 5.71. The minimum absolute atomic E-state index is 0.0347. The first-order valence-corrected chi connectivity index (χ1v) is 10.7. The monoisotopic (exact) mass is 477 g/mol. The second kappa shape index (κ2) is 9.72. The van der Waals surface area contributed by atoms with Crippen molar-refractivity contribution < 1.29 is 37.1 Å². The molecule has 1 aliphatic heterocycles. The summed E-state index contributed by atoms with van der Waals surface area (Å²) >= 11 is 0. The fourth-order valence-electron chi connectivity index (χ4n) is 4.09. The predicted molar refractivity (Wildman–Crippen MR) is 113 cm³/mol. The summed E-state index contributed by atoms with van der Waals surface area (Å²) in [6, 6.07) is 15.0. The average molecular weight is 477 g/mol. The first-order chi connectivity index (χ1) is 16.3. The zero-order valence-corrected chi connectivity index (χ0v) is 18.0. The normalized spacial score (nSPS) is 15.3. The summed E-state index contributed by atoms with van der Waals surface area (Å²) in [6.07, 6.45) is -6.71. The Bertz CT molecular complexity index is 1040. The molecule has 2 amide bonds. The topological polar surface area (TPSA) is 88.2 Å². The summed E-state index contributed by atoms with van der Waals surface area (Å²) in [5.74, 6) is -3.64. The van der Waals surface area contributed by atoms with Crippen molar-refractivity contribution >= 4 is 18.0 Å². The third kappa shape index (κ3) is 4.98. The van der Waals surface area contributed by atoms with E-state index >= 15 is 0 Å². The van der Waals surface area contributed by atoms with Crippen molar-refractivity contribution in [2.75, 3.05) is 39.3 Å². The Morgan fingerprint density at radius 3 is 2.09 bits per heavy atom. The molecule has 0 atom stereocenters. The van der Waals surface area contributed by atoms with E-state index < -0.39 is 30.7 Å². The summed E-state index contributed by atoms with van der Waals surface area (Å²) < 4.78 is 43.6. The van der Waals surface area contributed by atoms with E-state index in [1.807, 2.05) is 48.5 Å². The summed E-state index contributed by atoms with van der Waals surface area (Å²) in [6.45, 7) is 0.514. The zero-order chi connectivity index (χ0) is 24.3. The highest BCUT2D eigenvalue weighted by Gasteiger charge is 2.44. The lowest BCUT2D eigenvalue weighted by Gasteiger charge is -2.29. The molecule has 1 N–H and O–H groups in total. The van der Waals surface area contributed by atoms with Crippen LogP contribution in [0.5, 0.6) is 0 Å². The van der Waals surface area contributed by atoms with Crippen molar-refractivity contribution in [3.8, 4) is 11.1 Å². The van der Waals surface area contributed by atoms with Gasteiger partial charge in [-0.05, 0) is 22.3 Å². The summed E-state index contributed by atoms with van der Waals surface area (Å²) in [4.78, 5) is 42.2. The number of piperazine rings is 1. The van der Waals surface area contributed by atoms with Crippen LogP contribution in [-0.4, -0.2) is 73.4 Å². The standard InChI is InChI=1S/C23H22F3N3O5/c24-23(25,26)21(31)34-29(13-20(30)28-11-9-27-10-12-28)22(32)33-14-19-17-7-3-1-5-15(17)16-6-2-4-8-18(16)19/h1-8,19,27H,9-14H2. The van der Waals surface area contributed by atoms with Gasteiger partial charge in [-0.25, -0.2) is 9.59 Å². The second-order valence-electron chi connectivity index (χ2n) is 7.85. The smallest absolute Gasteiger partial charge is 0.446 e. The molecular formula is C23H22F3N3O5. The minimum Gasteiger partial charge on any atom is -0.446 e. The van der Waals surface area contributed by atoms with Gasteiger partial charge in [-0.2, -0.15) is 13.2 Å². The molecule has 0 bridgehead atoms. The number of rotatable bonds is 4. The number of benzene rings is 2. The number of ether oxygens (including phenoxy) is 1. The van der Waals surface area contributed by atoms with Gasteiger partial charge in [0, 0.05) is 32.1 Å². The van der Waals surface area contributed by atoms with Crippen LogP contribution in [0.4, 0.5) is 18.0 Å². The molecule has 1 heterocycles. The summed E-state index contributed by atoms with van der Waals surface area (Å²) in [7, 11) is 0. The number of amides is 2. The number of alkyl halides is 3. The fourth-order valence-corrected chi connectivity index (χ4v) is 4.09. The fraction of sp³-hybridized carbons (Fsp3) is 0.348. The van der Waals surface area contributed by atoms with E-state index in [2.05, 4.69) is 10.2 Å². The van der Waals surface area contributed by atoms with Gasteiger partial charge in [0.1, 0.15) is 13.2 Å². The molecule has 0 radical (unpaired) electrons. The Kier molecular flexibility index (Phi) is 6.73. The van der Waals surface area contributed by atoms with Crippen LogP contribution in [0.2, 0.25) is 0 Å². The number of nitrogens with one attached hydrogen (secondary N) is 1. The quantitative estimate of drug-likeness (QED) is 0.682. The Morgan fingerprint density at radius 2 is 1.53 bits per heavy atom. The second-order valence-corrected chi connectivity index (χ2v) is 7.85. The van der Waals surface area contributed by atoms with Crippen molar-refractivity contribution in [3.05, 3.63) is 59.7 Å². The molecule has 2 aliphatic rings. The highest BCUT2D eigenvalue weighted by molar-refractivity contribution is 5.84. The van der Waals surface area contributed by atoms with Gasteiger partial charge >= 0.3 is 18.2 Å². The maximum Gasteiger partial charge on any atom is 0.493 e. The SMILES string of the molecule is O=C(CN(OC(=O)C(F)(F)F)C(=O)OCC1c2ccccc2-c2ccccc21)N1CCNCC1. The van der Waals surface area contributed by atoms with Crippen LogP contribution in [-0.2, 0) is 19.2 Å². The summed E-state index contributed by atoms with van der Waals surface area (Å²) in [5.41, 5.74) is 3.72. The molecule has 2 aromatic rings. The van der Waals surface area contributed by atoms with E-state index in [1.54, 1.807) is 0 Å². The molecule has 0 aromatic heterocycles. The molecule has 4 rings (SSSR count). The van der Waals surface area contributed by atoms with Gasteiger partial charge in [0.05, 0.1) is 0 Å². The van der Waals surface area contributed by atoms with Gasteiger partial charge < -0.3 is 19.8 Å². The lowest BCUT2D eigenvalue weighted by molar-refractivity contribution is -0.231. The van der Waals surface area contributed by atoms with E-state index in [-0.39, 0.29) is 17.6 Å². The molecular weight excluding hydrogens is 455 g/mol. The molecule has 34 heavy (non-hydrogen) atoms. The van der Waals surface area contributed by atoms with Crippen LogP contribution in [0, 0.1) is 0 Å². The van der Waals surface area contributed by atoms with Gasteiger partial charge in [-0.1, -0.05) is 48.5 Å². The van der Waals surface area contributed by atoms with Crippen LogP contribution in [0.1, 0.15) is 17.0 Å². The zero-order valence-electron chi connectivity index (χ0n) is 18.0. The van der Waals surface area contributed by atoms with Crippen LogP contribution >= 0.6 is 0 Å². The van der Waals surface area contributed by atoms with Gasteiger partial charge in [-0.15, -0.1) is 5.06 Å². The predicted octanol–water partition coefficient (Wildman–Crippen LogP) is 2.69. The van der Waals surface area contributed by atoms with Crippen molar-refractivity contribution in [1.29, 1.82) is 0 Å². The Morgan fingerprint density at radius 1 is 0.971 bits per heavy atom. The molecule has 0 unspecified atom stereocenters. The van der Waals surface area contributed by atoms with Gasteiger partial charge in [0.2, 0.25) is 5.91 Å². The minimum atomic E-state index is -5.35. The van der Waals surface area contributed by atoms with Crippen molar-refractivity contribution in [2.45, 2.75) is 12.1 Å². The van der Waals surface area contributed by atoms with Crippen LogP contribution in [0.25, 0.3) is 11.1 Å². The van der Waals surface area contributed by atoms with Crippen molar-refractivity contribution in [3.63, 3.8) is 0 Å². The number of hydrogen-bond acceptors (Lipinski definition) is 6. The molecule has 0 saturated carbocycles. The van der Waals surface area contributed by atoms with E-state index in [9.17, 15) is 27.6 Å². The first kappa shape index (κ1) is 23.6. The lowest BCUT2D eigenvalue weighted by atomic mass is 9.98. The van der Waals surface area contributed by atoms with Gasteiger partial charge in [-0.3, -0.25) is 4.79 Å². The molecule has 2 aromatic carbocycles. The lowest BCUT2D eigenvalue weighted by Crippen LogP contribution is -2.51. The first-order valence-electron chi connectivity index (χ1n) is 10.7. The molecule has 11 heteroatoms. The molecule has 1 aliphatic carbocycles. The Hall–Kier alpha value is -3.60. The van der Waals surface area contributed by atoms with Crippen molar-refractivity contribution in [1.82, 2.24) is 15.3 Å². The number of halogens is 3. The number of hydroxylamine groups is 2. The Labute approximate surface area is 193 Å². The number of hydrogen-bond donors (Lipinski definition) is 1. The van der Waals surface area contributed by atoms with Crippen molar-refractivity contribution in [2.24, 2.45) is 0 Å². The molecule has 1 saturated heterocycles. The molecule has 0 spiro atoms. The van der Waals surface area contributed by atoms with E-state index in [4.69, 9.17) is 4.74 Å². The molecule has 1 fully saturated rings. The highest BCUT2D eigenvalue weighted by atomic mass is 19.4. The van der Waals surface area contributed by atoms with Gasteiger partial charge in [0.15, 0.2) is 0 Å². The number of carbonyl (C=O) groups is 3. The van der Waals surface area contributed by atoms with Crippen LogP contribution in [0.3, 0.4) is 0 Å². The van der Waals surface area contributed by atoms with E-state index in [1.165, 1.54) is 4.90 Å². The Balaban J connectivity index is 1.49. The third-order valence-electron chi connectivity index (χ3n) is 5.71. The number of nitrogens with zero attached hydrogens (tertiary/aromatic N) is 2. The van der Waals surface area contributed by atoms with E-state index in [0.29, 0.717) is 26.2 Å². The number of carbonyl (C=O) groups excluding carboxylic acids is 3.